The minimum atomic E-state index is 0.0354. The maximum atomic E-state index is 9.48. The first kappa shape index (κ1) is 20.2. The van der Waals surface area contributed by atoms with E-state index in [2.05, 4.69) is 21.9 Å². The van der Waals surface area contributed by atoms with Crippen LogP contribution in [0.1, 0.15) is 22.7 Å². The van der Waals surface area contributed by atoms with Gasteiger partial charge in [0.15, 0.2) is 0 Å². The molecule has 29 heavy (non-hydrogen) atoms. The van der Waals surface area contributed by atoms with Crippen LogP contribution in [0.3, 0.4) is 0 Å². The van der Waals surface area contributed by atoms with Crippen molar-refractivity contribution in [3.63, 3.8) is 0 Å². The van der Waals surface area contributed by atoms with Crippen LogP contribution < -0.4 is 0 Å². The van der Waals surface area contributed by atoms with Gasteiger partial charge in [-0.3, -0.25) is 9.80 Å². The molecule has 1 fully saturated rings. The van der Waals surface area contributed by atoms with E-state index in [0.29, 0.717) is 5.75 Å². The predicted octanol–water partition coefficient (Wildman–Crippen LogP) is 5.61. The van der Waals surface area contributed by atoms with Crippen molar-refractivity contribution in [3.05, 3.63) is 99.5 Å². The average Bonchev–Trinajstić information content (AvgIpc) is 2.74. The molecule has 0 saturated carbocycles. The Hall–Kier alpha value is -2.04. The van der Waals surface area contributed by atoms with Crippen molar-refractivity contribution in [1.82, 2.24) is 9.80 Å². The van der Waals surface area contributed by atoms with Crippen LogP contribution in [0.5, 0.6) is 5.75 Å². The van der Waals surface area contributed by atoms with Gasteiger partial charge in [-0.05, 0) is 41.0 Å². The highest BCUT2D eigenvalue weighted by molar-refractivity contribution is 6.32. The van der Waals surface area contributed by atoms with Crippen molar-refractivity contribution in [2.24, 2.45) is 0 Å². The molecule has 1 N–H and O–H groups in total. The zero-order valence-electron chi connectivity index (χ0n) is 16.1. The Morgan fingerprint density at radius 1 is 0.724 bits per heavy atom. The largest absolute Gasteiger partial charge is 0.508 e. The molecule has 3 nitrogen and oxygen atoms in total. The molecule has 1 aliphatic heterocycles. The lowest BCUT2D eigenvalue weighted by molar-refractivity contribution is 0.105. The monoisotopic (exact) mass is 426 g/mol. The fraction of sp³-hybridized carbons (Fsp3) is 0.250. The first-order chi connectivity index (χ1) is 14.1. The molecular formula is C24H24Cl2N2O. The highest BCUT2D eigenvalue weighted by atomic mass is 35.5. The third-order valence-electron chi connectivity index (χ3n) is 5.51. The summed E-state index contributed by atoms with van der Waals surface area (Å²) in [5.41, 5.74) is 3.40. The lowest BCUT2D eigenvalue weighted by Gasteiger charge is -2.40. The second-order valence-electron chi connectivity index (χ2n) is 7.42. The molecule has 3 aromatic rings. The minimum Gasteiger partial charge on any atom is -0.508 e. The maximum Gasteiger partial charge on any atom is 0.115 e. The first-order valence-electron chi connectivity index (χ1n) is 9.85. The maximum absolute atomic E-state index is 9.48. The molecule has 5 heteroatoms. The highest BCUT2D eigenvalue weighted by Gasteiger charge is 2.29. The van der Waals surface area contributed by atoms with Crippen molar-refractivity contribution >= 4 is 23.2 Å². The summed E-state index contributed by atoms with van der Waals surface area (Å²) in [6, 6.07) is 23.6. The van der Waals surface area contributed by atoms with Gasteiger partial charge in [0.25, 0.3) is 0 Å². The molecule has 0 unspecified atom stereocenters. The van der Waals surface area contributed by atoms with Crippen molar-refractivity contribution in [3.8, 4) is 5.75 Å². The molecule has 0 radical (unpaired) electrons. The number of halogens is 2. The Morgan fingerprint density at radius 3 is 1.76 bits per heavy atom. The minimum absolute atomic E-state index is 0.0354. The molecule has 4 rings (SSSR count). The molecule has 1 aliphatic rings. The van der Waals surface area contributed by atoms with Gasteiger partial charge in [-0.2, -0.15) is 0 Å². The number of hydrogen-bond acceptors (Lipinski definition) is 3. The number of phenolic OH excluding ortho intramolecular Hbond substituents is 1. The molecule has 0 spiro atoms. The molecule has 0 aliphatic carbocycles. The standard InChI is InChI=1S/C24H24Cl2N2O/c25-22-7-3-1-5-20(22)24(21-6-2-4-8-23(21)26)28-15-13-27(14-16-28)17-18-9-11-19(29)12-10-18/h1-12,24,29H,13-17H2. The van der Waals surface area contributed by atoms with Crippen LogP contribution in [0.4, 0.5) is 0 Å². The Labute approximate surface area is 182 Å². The second-order valence-corrected chi connectivity index (χ2v) is 8.24. The summed E-state index contributed by atoms with van der Waals surface area (Å²) in [4.78, 5) is 4.91. The number of phenols is 1. The smallest absolute Gasteiger partial charge is 0.115 e. The van der Waals surface area contributed by atoms with E-state index in [1.54, 1.807) is 12.1 Å². The van der Waals surface area contributed by atoms with Crippen LogP contribution in [0, 0.1) is 0 Å². The van der Waals surface area contributed by atoms with Crippen LogP contribution in [0.25, 0.3) is 0 Å². The molecule has 1 heterocycles. The Morgan fingerprint density at radius 2 is 1.24 bits per heavy atom. The zero-order valence-corrected chi connectivity index (χ0v) is 17.7. The van der Waals surface area contributed by atoms with E-state index in [1.807, 2.05) is 48.5 Å². The number of aromatic hydroxyl groups is 1. The topological polar surface area (TPSA) is 26.7 Å². The third-order valence-corrected chi connectivity index (χ3v) is 6.20. The van der Waals surface area contributed by atoms with Crippen LogP contribution in [0.2, 0.25) is 10.0 Å². The summed E-state index contributed by atoms with van der Waals surface area (Å²) in [5.74, 6) is 0.306. The number of hydrogen-bond donors (Lipinski definition) is 1. The molecule has 0 aromatic heterocycles. The summed E-state index contributed by atoms with van der Waals surface area (Å²) in [6.45, 7) is 4.67. The summed E-state index contributed by atoms with van der Waals surface area (Å²) in [6.07, 6.45) is 0. The van der Waals surface area contributed by atoms with Crippen molar-refractivity contribution < 1.29 is 5.11 Å². The quantitative estimate of drug-likeness (QED) is 0.574. The van der Waals surface area contributed by atoms with Gasteiger partial charge >= 0.3 is 0 Å². The van der Waals surface area contributed by atoms with Gasteiger partial charge in [0, 0.05) is 42.8 Å². The van der Waals surface area contributed by atoms with Crippen LogP contribution in [-0.4, -0.2) is 41.1 Å². The van der Waals surface area contributed by atoms with E-state index in [-0.39, 0.29) is 6.04 Å². The second kappa shape index (κ2) is 9.19. The van der Waals surface area contributed by atoms with Gasteiger partial charge in [-0.1, -0.05) is 71.7 Å². The van der Waals surface area contributed by atoms with Gasteiger partial charge in [0.2, 0.25) is 0 Å². The van der Waals surface area contributed by atoms with E-state index in [1.165, 1.54) is 5.56 Å². The fourth-order valence-corrected chi connectivity index (χ4v) is 4.47. The van der Waals surface area contributed by atoms with Crippen molar-refractivity contribution in [1.29, 1.82) is 0 Å². The zero-order chi connectivity index (χ0) is 20.2. The molecule has 0 amide bonds. The summed E-state index contributed by atoms with van der Waals surface area (Å²) in [7, 11) is 0. The van der Waals surface area contributed by atoms with E-state index in [4.69, 9.17) is 23.2 Å². The molecule has 1 saturated heterocycles. The predicted molar refractivity (Wildman–Crippen MR) is 120 cm³/mol. The number of nitrogens with zero attached hydrogens (tertiary/aromatic N) is 2. The Kier molecular flexibility index (Phi) is 6.41. The Balaban J connectivity index is 1.53. The first-order valence-corrected chi connectivity index (χ1v) is 10.6. The van der Waals surface area contributed by atoms with E-state index >= 15 is 0 Å². The lowest BCUT2D eigenvalue weighted by atomic mass is 9.96. The average molecular weight is 427 g/mol. The van der Waals surface area contributed by atoms with Crippen LogP contribution >= 0.6 is 23.2 Å². The van der Waals surface area contributed by atoms with E-state index in [0.717, 1.165) is 53.9 Å². The normalized spacial score (nSPS) is 15.7. The third kappa shape index (κ3) is 4.76. The fourth-order valence-electron chi connectivity index (χ4n) is 3.99. The highest BCUT2D eigenvalue weighted by Crippen LogP contribution is 2.37. The summed E-state index contributed by atoms with van der Waals surface area (Å²) in [5, 5.41) is 11.0. The SMILES string of the molecule is Oc1ccc(CN2CCN(C(c3ccccc3Cl)c3ccccc3Cl)CC2)cc1. The number of rotatable bonds is 5. The van der Waals surface area contributed by atoms with Crippen molar-refractivity contribution in [2.45, 2.75) is 12.6 Å². The molecule has 150 valence electrons. The van der Waals surface area contributed by atoms with Gasteiger partial charge < -0.3 is 5.11 Å². The van der Waals surface area contributed by atoms with E-state index in [9.17, 15) is 5.11 Å². The van der Waals surface area contributed by atoms with Crippen LogP contribution in [0.15, 0.2) is 72.8 Å². The van der Waals surface area contributed by atoms with Crippen molar-refractivity contribution in [2.75, 3.05) is 26.2 Å². The van der Waals surface area contributed by atoms with E-state index < -0.39 is 0 Å². The summed E-state index contributed by atoms with van der Waals surface area (Å²) < 4.78 is 0. The van der Waals surface area contributed by atoms with Gasteiger partial charge in [-0.25, -0.2) is 0 Å². The molecular weight excluding hydrogens is 403 g/mol. The summed E-state index contributed by atoms with van der Waals surface area (Å²) >= 11 is 13.2. The number of piperazine rings is 1. The molecule has 3 aromatic carbocycles. The van der Waals surface area contributed by atoms with Gasteiger partial charge in [-0.15, -0.1) is 0 Å². The Bertz CT molecular complexity index is 908. The lowest BCUT2D eigenvalue weighted by Crippen LogP contribution is -2.47. The van der Waals surface area contributed by atoms with Crippen LogP contribution in [-0.2, 0) is 6.54 Å². The molecule has 0 atom stereocenters. The van der Waals surface area contributed by atoms with Gasteiger partial charge in [0.05, 0.1) is 6.04 Å². The van der Waals surface area contributed by atoms with Gasteiger partial charge in [0.1, 0.15) is 5.75 Å². The number of benzene rings is 3. The molecule has 0 bridgehead atoms.